The Hall–Kier alpha value is -0.0400. The summed E-state index contributed by atoms with van der Waals surface area (Å²) in [7, 11) is 0. The lowest BCUT2D eigenvalue weighted by Gasteiger charge is -2.42. The molecule has 1 N–H and O–H groups in total. The van der Waals surface area contributed by atoms with Crippen LogP contribution < -0.4 is 5.32 Å². The predicted octanol–water partition coefficient (Wildman–Crippen LogP) is 4.62. The summed E-state index contributed by atoms with van der Waals surface area (Å²) in [5.74, 6) is 1.81. The Bertz CT molecular complexity index is 210. The van der Waals surface area contributed by atoms with E-state index < -0.39 is 0 Å². The molecular weight excluding hydrogens is 206 g/mol. The van der Waals surface area contributed by atoms with E-state index in [9.17, 15) is 0 Å². The minimum absolute atomic E-state index is 0.558. The molecule has 0 heterocycles. The quantitative estimate of drug-likeness (QED) is 0.713. The Balaban J connectivity index is 2.58. The molecule has 1 aliphatic rings. The van der Waals surface area contributed by atoms with Crippen molar-refractivity contribution in [3.05, 3.63) is 0 Å². The van der Waals surface area contributed by atoms with Crippen LogP contribution in [0, 0.1) is 17.3 Å². The van der Waals surface area contributed by atoms with E-state index in [1.165, 1.54) is 45.1 Å². The van der Waals surface area contributed by atoms with Gasteiger partial charge in [0.1, 0.15) is 0 Å². The fourth-order valence-electron chi connectivity index (χ4n) is 3.87. The van der Waals surface area contributed by atoms with Gasteiger partial charge >= 0.3 is 0 Å². The number of hydrogen-bond acceptors (Lipinski definition) is 1. The van der Waals surface area contributed by atoms with E-state index in [1.54, 1.807) is 0 Å². The molecule has 1 fully saturated rings. The average Bonchev–Trinajstić information content (AvgIpc) is 2.21. The van der Waals surface area contributed by atoms with Gasteiger partial charge in [0.25, 0.3) is 0 Å². The Morgan fingerprint density at radius 1 is 1.18 bits per heavy atom. The van der Waals surface area contributed by atoms with Gasteiger partial charge in [-0.15, -0.1) is 0 Å². The van der Waals surface area contributed by atoms with Crippen LogP contribution in [-0.2, 0) is 0 Å². The van der Waals surface area contributed by atoms with Crippen LogP contribution in [-0.4, -0.2) is 12.6 Å². The fraction of sp³-hybridized carbons (Fsp3) is 1.00. The van der Waals surface area contributed by atoms with E-state index in [4.69, 9.17) is 0 Å². The Labute approximate surface area is 109 Å². The summed E-state index contributed by atoms with van der Waals surface area (Å²) in [5, 5.41) is 3.80. The van der Waals surface area contributed by atoms with Gasteiger partial charge in [-0.2, -0.15) is 0 Å². The minimum Gasteiger partial charge on any atom is -0.314 e. The zero-order valence-electron chi connectivity index (χ0n) is 12.7. The van der Waals surface area contributed by atoms with Crippen molar-refractivity contribution >= 4 is 0 Å². The van der Waals surface area contributed by atoms with E-state index in [1.807, 2.05) is 0 Å². The first-order valence-electron chi connectivity index (χ1n) is 7.72. The molecule has 0 aromatic heterocycles. The highest BCUT2D eigenvalue weighted by atomic mass is 14.9. The third-order valence-corrected chi connectivity index (χ3v) is 4.25. The van der Waals surface area contributed by atoms with E-state index in [0.717, 1.165) is 17.9 Å². The van der Waals surface area contributed by atoms with Crippen molar-refractivity contribution in [3.8, 4) is 0 Å². The summed E-state index contributed by atoms with van der Waals surface area (Å²) in [4.78, 5) is 0. The van der Waals surface area contributed by atoms with Gasteiger partial charge in [-0.25, -0.2) is 0 Å². The summed E-state index contributed by atoms with van der Waals surface area (Å²) in [6.45, 7) is 13.1. The Morgan fingerprint density at radius 2 is 1.88 bits per heavy atom. The lowest BCUT2D eigenvalue weighted by Crippen LogP contribution is -2.42. The van der Waals surface area contributed by atoms with Gasteiger partial charge in [-0.05, 0) is 55.9 Å². The van der Waals surface area contributed by atoms with Crippen LogP contribution in [0.15, 0.2) is 0 Å². The van der Waals surface area contributed by atoms with Crippen molar-refractivity contribution in [2.24, 2.45) is 17.3 Å². The summed E-state index contributed by atoms with van der Waals surface area (Å²) < 4.78 is 0. The molecule has 1 rings (SSSR count). The zero-order chi connectivity index (χ0) is 12.9. The minimum atomic E-state index is 0.558. The van der Waals surface area contributed by atoms with Crippen molar-refractivity contribution in [2.45, 2.75) is 79.2 Å². The highest BCUT2D eigenvalue weighted by molar-refractivity contribution is 4.88. The lowest BCUT2D eigenvalue weighted by atomic mass is 9.65. The zero-order valence-corrected chi connectivity index (χ0v) is 12.7. The van der Waals surface area contributed by atoms with Gasteiger partial charge in [-0.3, -0.25) is 0 Å². The summed E-state index contributed by atoms with van der Waals surface area (Å²) in [6, 6.07) is 0.766. The third kappa shape index (κ3) is 4.99. The molecule has 0 radical (unpaired) electrons. The monoisotopic (exact) mass is 239 g/mol. The van der Waals surface area contributed by atoms with E-state index >= 15 is 0 Å². The molecule has 0 amide bonds. The topological polar surface area (TPSA) is 12.0 Å². The highest BCUT2D eigenvalue weighted by Gasteiger charge is 2.35. The van der Waals surface area contributed by atoms with Gasteiger partial charge in [0.05, 0.1) is 0 Å². The van der Waals surface area contributed by atoms with Crippen LogP contribution >= 0.6 is 0 Å². The summed E-state index contributed by atoms with van der Waals surface area (Å²) >= 11 is 0. The van der Waals surface area contributed by atoms with Crippen molar-refractivity contribution in [2.75, 3.05) is 6.54 Å². The normalized spacial score (nSPS) is 30.2. The summed E-state index contributed by atoms with van der Waals surface area (Å²) in [5.41, 5.74) is 0.558. The van der Waals surface area contributed by atoms with E-state index in [0.29, 0.717) is 5.41 Å². The van der Waals surface area contributed by atoms with Gasteiger partial charge < -0.3 is 5.32 Å². The first-order chi connectivity index (χ1) is 7.98. The van der Waals surface area contributed by atoms with Crippen molar-refractivity contribution in [1.82, 2.24) is 5.32 Å². The number of hydrogen-bond donors (Lipinski definition) is 1. The second-order valence-electron chi connectivity index (χ2n) is 7.02. The number of nitrogens with one attached hydrogen (secondary N) is 1. The molecule has 0 bridgehead atoms. The van der Waals surface area contributed by atoms with Crippen LogP contribution in [0.5, 0.6) is 0 Å². The molecule has 1 aliphatic carbocycles. The molecule has 3 unspecified atom stereocenters. The lowest BCUT2D eigenvalue weighted by molar-refractivity contribution is 0.104. The molecule has 0 aliphatic heterocycles. The van der Waals surface area contributed by atoms with Gasteiger partial charge in [0.2, 0.25) is 0 Å². The SMILES string of the molecule is CCCNC(CCC)C1CC(C)CC(C)(C)C1. The molecule has 1 heteroatoms. The van der Waals surface area contributed by atoms with Crippen molar-refractivity contribution in [3.63, 3.8) is 0 Å². The molecule has 0 spiro atoms. The van der Waals surface area contributed by atoms with Gasteiger partial charge in [0.15, 0.2) is 0 Å². The molecule has 0 aromatic rings. The molecular formula is C16H33N. The Morgan fingerprint density at radius 3 is 2.41 bits per heavy atom. The second-order valence-corrected chi connectivity index (χ2v) is 7.02. The van der Waals surface area contributed by atoms with Crippen LogP contribution in [0.4, 0.5) is 0 Å². The fourth-order valence-corrected chi connectivity index (χ4v) is 3.87. The van der Waals surface area contributed by atoms with Crippen LogP contribution in [0.25, 0.3) is 0 Å². The summed E-state index contributed by atoms with van der Waals surface area (Å²) in [6.07, 6.45) is 8.19. The average molecular weight is 239 g/mol. The maximum atomic E-state index is 3.80. The highest BCUT2D eigenvalue weighted by Crippen LogP contribution is 2.43. The molecule has 102 valence electrons. The van der Waals surface area contributed by atoms with Crippen LogP contribution in [0.3, 0.4) is 0 Å². The van der Waals surface area contributed by atoms with Gasteiger partial charge in [0, 0.05) is 6.04 Å². The van der Waals surface area contributed by atoms with E-state index in [-0.39, 0.29) is 0 Å². The molecule has 0 saturated heterocycles. The van der Waals surface area contributed by atoms with Crippen LogP contribution in [0.1, 0.15) is 73.1 Å². The standard InChI is InChI=1S/C16H33N/c1-6-8-15(17-9-7-2)14-10-13(3)11-16(4,5)12-14/h13-15,17H,6-12H2,1-5H3. The van der Waals surface area contributed by atoms with E-state index in [2.05, 4.69) is 39.9 Å². The van der Waals surface area contributed by atoms with Crippen LogP contribution in [0.2, 0.25) is 0 Å². The smallest absolute Gasteiger partial charge is 0.00955 e. The van der Waals surface area contributed by atoms with Gasteiger partial charge in [-0.1, -0.05) is 41.0 Å². The molecule has 1 nitrogen and oxygen atoms in total. The second kappa shape index (κ2) is 6.78. The maximum absolute atomic E-state index is 3.80. The van der Waals surface area contributed by atoms with Crippen molar-refractivity contribution in [1.29, 1.82) is 0 Å². The molecule has 17 heavy (non-hydrogen) atoms. The molecule has 3 atom stereocenters. The first-order valence-corrected chi connectivity index (χ1v) is 7.72. The largest absolute Gasteiger partial charge is 0.314 e. The third-order valence-electron chi connectivity index (χ3n) is 4.25. The predicted molar refractivity (Wildman–Crippen MR) is 77.3 cm³/mol. The molecule has 0 aromatic carbocycles. The van der Waals surface area contributed by atoms with Crippen molar-refractivity contribution < 1.29 is 0 Å². The Kier molecular flexibility index (Phi) is 5.99. The maximum Gasteiger partial charge on any atom is 0.00955 e. The number of rotatable bonds is 6. The molecule has 1 saturated carbocycles. The first kappa shape index (κ1) is 15.0.